The van der Waals surface area contributed by atoms with Crippen molar-refractivity contribution < 1.29 is 19.4 Å². The monoisotopic (exact) mass is 305 g/mol. The molecule has 0 amide bonds. The minimum Gasteiger partial charge on any atom is -0.497 e. The number of methoxy groups -OCH3 is 1. The van der Waals surface area contributed by atoms with Gasteiger partial charge in [0.05, 0.1) is 17.7 Å². The molecule has 1 aromatic heterocycles. The standard InChI is InChI=1S/C15H15NO4S/c1-10-13(6-7-15(17)18)21-14(16-10)9-20-12-5-3-4-11(8-12)19-2/h3-8H,9H2,1-2H3,(H,17,18)/b7-6+. The number of aryl methyl sites for hydroxylation is 1. The van der Waals surface area contributed by atoms with Crippen LogP contribution in [0.5, 0.6) is 11.5 Å². The van der Waals surface area contributed by atoms with Gasteiger partial charge in [0.15, 0.2) is 0 Å². The summed E-state index contributed by atoms with van der Waals surface area (Å²) in [5.41, 5.74) is 0.793. The number of thiazole rings is 1. The summed E-state index contributed by atoms with van der Waals surface area (Å²) in [7, 11) is 1.60. The molecule has 0 aliphatic heterocycles. The van der Waals surface area contributed by atoms with Gasteiger partial charge in [0, 0.05) is 12.1 Å². The van der Waals surface area contributed by atoms with Crippen LogP contribution in [0.3, 0.4) is 0 Å². The summed E-state index contributed by atoms with van der Waals surface area (Å²) in [4.78, 5) is 15.7. The van der Waals surface area contributed by atoms with Crippen molar-refractivity contribution in [2.75, 3.05) is 7.11 Å². The smallest absolute Gasteiger partial charge is 0.328 e. The van der Waals surface area contributed by atoms with Gasteiger partial charge >= 0.3 is 5.97 Å². The third-order valence-corrected chi connectivity index (χ3v) is 3.75. The Morgan fingerprint density at radius 1 is 1.43 bits per heavy atom. The number of rotatable bonds is 6. The molecule has 0 saturated carbocycles. The molecule has 1 aromatic carbocycles. The molecule has 0 saturated heterocycles. The number of carboxylic acid groups (broad SMARTS) is 1. The quantitative estimate of drug-likeness (QED) is 0.830. The van der Waals surface area contributed by atoms with Crippen LogP contribution in [0.15, 0.2) is 30.3 Å². The molecule has 6 heteroatoms. The molecule has 1 heterocycles. The molecule has 0 unspecified atom stereocenters. The average Bonchev–Trinajstić information content (AvgIpc) is 2.83. The summed E-state index contributed by atoms with van der Waals surface area (Å²) in [6.07, 6.45) is 2.65. The number of aliphatic carboxylic acids is 1. The lowest BCUT2D eigenvalue weighted by molar-refractivity contribution is -0.131. The van der Waals surface area contributed by atoms with Gasteiger partial charge in [0.2, 0.25) is 0 Å². The molecule has 1 N–H and O–H groups in total. The fraction of sp³-hybridized carbons (Fsp3) is 0.200. The number of ether oxygens (including phenoxy) is 2. The highest BCUT2D eigenvalue weighted by atomic mass is 32.1. The van der Waals surface area contributed by atoms with E-state index in [0.29, 0.717) is 12.4 Å². The van der Waals surface area contributed by atoms with Crippen molar-refractivity contribution in [2.24, 2.45) is 0 Å². The van der Waals surface area contributed by atoms with Crippen LogP contribution in [-0.2, 0) is 11.4 Å². The Balaban J connectivity index is 2.03. The molecule has 0 fully saturated rings. The van der Waals surface area contributed by atoms with Crippen molar-refractivity contribution in [2.45, 2.75) is 13.5 Å². The van der Waals surface area contributed by atoms with E-state index < -0.39 is 5.97 Å². The molecule has 0 atom stereocenters. The maximum Gasteiger partial charge on any atom is 0.328 e. The maximum absolute atomic E-state index is 10.5. The van der Waals surface area contributed by atoms with Gasteiger partial charge in [-0.15, -0.1) is 11.3 Å². The van der Waals surface area contributed by atoms with Gasteiger partial charge in [-0.3, -0.25) is 0 Å². The lowest BCUT2D eigenvalue weighted by Crippen LogP contribution is -1.95. The second-order valence-electron chi connectivity index (χ2n) is 4.20. The molecule has 0 spiro atoms. The minimum atomic E-state index is -0.975. The molecule has 0 aliphatic rings. The first-order valence-corrected chi connectivity index (χ1v) is 7.04. The molecule has 110 valence electrons. The lowest BCUT2D eigenvalue weighted by atomic mass is 10.3. The average molecular weight is 305 g/mol. The van der Waals surface area contributed by atoms with Gasteiger partial charge in [-0.1, -0.05) is 6.07 Å². The maximum atomic E-state index is 10.5. The van der Waals surface area contributed by atoms with Crippen molar-refractivity contribution in [3.63, 3.8) is 0 Å². The number of carbonyl (C=O) groups is 1. The highest BCUT2D eigenvalue weighted by Crippen LogP contribution is 2.23. The number of carboxylic acids is 1. The number of aromatic nitrogens is 1. The van der Waals surface area contributed by atoms with E-state index in [2.05, 4.69) is 4.98 Å². The van der Waals surface area contributed by atoms with Gasteiger partial charge in [-0.25, -0.2) is 9.78 Å². The summed E-state index contributed by atoms with van der Waals surface area (Å²) >= 11 is 1.41. The Morgan fingerprint density at radius 2 is 2.19 bits per heavy atom. The minimum absolute atomic E-state index is 0.333. The molecule has 2 aromatic rings. The predicted octanol–water partition coefficient (Wildman–Crippen LogP) is 3.14. The van der Waals surface area contributed by atoms with Crippen molar-refractivity contribution in [3.8, 4) is 11.5 Å². The topological polar surface area (TPSA) is 68.7 Å². The van der Waals surface area contributed by atoms with Gasteiger partial charge in [0.25, 0.3) is 0 Å². The first-order valence-electron chi connectivity index (χ1n) is 6.22. The van der Waals surface area contributed by atoms with E-state index in [4.69, 9.17) is 14.6 Å². The van der Waals surface area contributed by atoms with E-state index in [1.54, 1.807) is 19.3 Å². The number of nitrogens with zero attached hydrogens (tertiary/aromatic N) is 1. The van der Waals surface area contributed by atoms with E-state index in [1.165, 1.54) is 11.3 Å². The second kappa shape index (κ2) is 6.90. The molecule has 21 heavy (non-hydrogen) atoms. The molecule has 5 nitrogen and oxygen atoms in total. The third kappa shape index (κ3) is 4.32. The molecule has 2 rings (SSSR count). The first kappa shape index (κ1) is 15.1. The van der Waals surface area contributed by atoms with Crippen molar-refractivity contribution in [1.82, 2.24) is 4.98 Å². The van der Waals surface area contributed by atoms with E-state index in [-0.39, 0.29) is 0 Å². The molecular formula is C15H15NO4S. The van der Waals surface area contributed by atoms with Crippen LogP contribution in [0.25, 0.3) is 6.08 Å². The fourth-order valence-corrected chi connectivity index (χ4v) is 2.55. The summed E-state index contributed by atoms with van der Waals surface area (Å²) in [6, 6.07) is 7.33. The van der Waals surface area contributed by atoms with Crippen LogP contribution < -0.4 is 9.47 Å². The Hall–Kier alpha value is -2.34. The summed E-state index contributed by atoms with van der Waals surface area (Å²) in [5.74, 6) is 0.453. The Bertz CT molecular complexity index is 663. The van der Waals surface area contributed by atoms with Crippen LogP contribution in [0, 0.1) is 6.92 Å². The van der Waals surface area contributed by atoms with Crippen molar-refractivity contribution >= 4 is 23.4 Å². The Labute approximate surface area is 126 Å². The van der Waals surface area contributed by atoms with Crippen LogP contribution in [0.1, 0.15) is 15.6 Å². The Morgan fingerprint density at radius 3 is 2.90 bits per heavy atom. The zero-order chi connectivity index (χ0) is 15.2. The molecule has 0 aliphatic carbocycles. The van der Waals surface area contributed by atoms with E-state index in [0.717, 1.165) is 27.4 Å². The zero-order valence-electron chi connectivity index (χ0n) is 11.7. The first-order chi connectivity index (χ1) is 10.1. The van der Waals surface area contributed by atoms with Crippen LogP contribution >= 0.6 is 11.3 Å². The SMILES string of the molecule is COc1cccc(OCc2nc(C)c(/C=C/C(=O)O)s2)c1. The predicted molar refractivity (Wildman–Crippen MR) is 80.8 cm³/mol. The number of hydrogen-bond donors (Lipinski definition) is 1. The van der Waals surface area contributed by atoms with Crippen molar-refractivity contribution in [3.05, 3.63) is 45.9 Å². The largest absolute Gasteiger partial charge is 0.497 e. The molecular weight excluding hydrogens is 290 g/mol. The van der Waals surface area contributed by atoms with Crippen molar-refractivity contribution in [1.29, 1.82) is 0 Å². The highest BCUT2D eigenvalue weighted by molar-refractivity contribution is 7.12. The van der Waals surface area contributed by atoms with Gasteiger partial charge in [0.1, 0.15) is 23.1 Å². The highest BCUT2D eigenvalue weighted by Gasteiger charge is 2.07. The number of hydrogen-bond acceptors (Lipinski definition) is 5. The van der Waals surface area contributed by atoms with E-state index >= 15 is 0 Å². The molecule has 0 radical (unpaired) electrons. The summed E-state index contributed by atoms with van der Waals surface area (Å²) in [6.45, 7) is 2.17. The van der Waals surface area contributed by atoms with Gasteiger partial charge in [-0.05, 0) is 25.1 Å². The van der Waals surface area contributed by atoms with Crippen LogP contribution in [0.4, 0.5) is 0 Å². The number of benzene rings is 1. The Kier molecular flexibility index (Phi) is 4.94. The second-order valence-corrected chi connectivity index (χ2v) is 5.31. The van der Waals surface area contributed by atoms with Crippen LogP contribution in [0.2, 0.25) is 0 Å². The molecule has 0 bridgehead atoms. The van der Waals surface area contributed by atoms with E-state index in [9.17, 15) is 4.79 Å². The summed E-state index contributed by atoms with van der Waals surface area (Å²) in [5, 5.41) is 9.43. The van der Waals surface area contributed by atoms with Gasteiger partial charge < -0.3 is 14.6 Å². The lowest BCUT2D eigenvalue weighted by Gasteiger charge is -2.05. The third-order valence-electron chi connectivity index (χ3n) is 2.66. The normalized spacial score (nSPS) is 10.8. The fourth-order valence-electron chi connectivity index (χ4n) is 1.67. The zero-order valence-corrected chi connectivity index (χ0v) is 12.5. The van der Waals surface area contributed by atoms with Crippen LogP contribution in [-0.4, -0.2) is 23.2 Å². The van der Waals surface area contributed by atoms with E-state index in [1.807, 2.05) is 25.1 Å². The van der Waals surface area contributed by atoms with Gasteiger partial charge in [-0.2, -0.15) is 0 Å². The summed E-state index contributed by atoms with van der Waals surface area (Å²) < 4.78 is 10.8.